The Morgan fingerprint density at radius 2 is 2.21 bits per heavy atom. The fourth-order valence-corrected chi connectivity index (χ4v) is 0.846. The number of ether oxygens (including phenoxy) is 1. The predicted molar refractivity (Wildman–Crippen MR) is 53.3 cm³/mol. The highest BCUT2D eigenvalue weighted by Crippen LogP contribution is 1.98. The number of pyridine rings is 1. The van der Waals surface area contributed by atoms with Gasteiger partial charge in [0.05, 0.1) is 0 Å². The fraction of sp³-hybridized carbons (Fsp3) is 0.200. The van der Waals surface area contributed by atoms with E-state index in [0.29, 0.717) is 6.54 Å². The van der Waals surface area contributed by atoms with Crippen molar-refractivity contribution in [2.75, 3.05) is 13.2 Å². The molecule has 0 saturated heterocycles. The van der Waals surface area contributed by atoms with Gasteiger partial charge in [0.15, 0.2) is 0 Å². The quantitative estimate of drug-likeness (QED) is 0.560. The molecule has 0 spiro atoms. The normalized spacial score (nSPS) is 10.4. The lowest BCUT2D eigenvalue weighted by atomic mass is 10.2. The van der Waals surface area contributed by atoms with Crippen LogP contribution in [0, 0.1) is 0 Å². The molecule has 0 aliphatic heterocycles. The molecule has 1 aromatic rings. The van der Waals surface area contributed by atoms with E-state index in [9.17, 15) is 4.79 Å². The first-order valence-corrected chi connectivity index (χ1v) is 4.28. The lowest BCUT2D eigenvalue weighted by Crippen LogP contribution is -2.11. The molecule has 74 valence electrons. The van der Waals surface area contributed by atoms with Crippen molar-refractivity contribution in [3.8, 4) is 0 Å². The second-order valence-electron chi connectivity index (χ2n) is 2.57. The van der Waals surface area contributed by atoms with Crippen molar-refractivity contribution < 1.29 is 9.53 Å². The smallest absolute Gasteiger partial charge is 0.330 e. The molecule has 0 atom stereocenters. The Balaban J connectivity index is 2.44. The minimum atomic E-state index is -0.382. The van der Waals surface area contributed by atoms with E-state index in [-0.39, 0.29) is 12.6 Å². The summed E-state index contributed by atoms with van der Waals surface area (Å²) in [5.41, 5.74) is 6.08. The Labute approximate surface area is 82.4 Å². The monoisotopic (exact) mass is 192 g/mol. The van der Waals surface area contributed by atoms with Crippen LogP contribution in [0.1, 0.15) is 5.56 Å². The van der Waals surface area contributed by atoms with Crippen LogP contribution in [0.25, 0.3) is 6.08 Å². The zero-order chi connectivity index (χ0) is 10.2. The third-order valence-corrected chi connectivity index (χ3v) is 1.48. The van der Waals surface area contributed by atoms with Gasteiger partial charge in [-0.25, -0.2) is 4.79 Å². The van der Waals surface area contributed by atoms with E-state index in [1.165, 1.54) is 6.08 Å². The first-order valence-electron chi connectivity index (χ1n) is 4.28. The topological polar surface area (TPSA) is 65.2 Å². The second-order valence-corrected chi connectivity index (χ2v) is 2.57. The molecule has 4 nitrogen and oxygen atoms in total. The number of rotatable bonds is 4. The van der Waals surface area contributed by atoms with Crippen molar-refractivity contribution >= 4 is 12.0 Å². The Morgan fingerprint density at radius 3 is 2.86 bits per heavy atom. The van der Waals surface area contributed by atoms with Crippen LogP contribution in [-0.2, 0) is 9.53 Å². The minimum Gasteiger partial charge on any atom is -0.461 e. The van der Waals surface area contributed by atoms with Gasteiger partial charge in [0.1, 0.15) is 6.61 Å². The van der Waals surface area contributed by atoms with Gasteiger partial charge in [-0.2, -0.15) is 0 Å². The highest BCUT2D eigenvalue weighted by atomic mass is 16.5. The molecule has 0 aliphatic carbocycles. The van der Waals surface area contributed by atoms with Gasteiger partial charge in [-0.05, 0) is 23.8 Å². The molecule has 1 aromatic heterocycles. The Kier molecular flexibility index (Phi) is 4.37. The van der Waals surface area contributed by atoms with Crippen molar-refractivity contribution in [3.05, 3.63) is 36.2 Å². The van der Waals surface area contributed by atoms with Gasteiger partial charge in [0, 0.05) is 25.0 Å². The maximum Gasteiger partial charge on any atom is 0.330 e. The molecule has 2 N–H and O–H groups in total. The summed E-state index contributed by atoms with van der Waals surface area (Å²) in [4.78, 5) is 14.9. The molecule has 0 unspecified atom stereocenters. The molecule has 0 bridgehead atoms. The van der Waals surface area contributed by atoms with Crippen LogP contribution in [0.4, 0.5) is 0 Å². The first kappa shape index (κ1) is 10.4. The van der Waals surface area contributed by atoms with Gasteiger partial charge in [-0.1, -0.05) is 0 Å². The van der Waals surface area contributed by atoms with Crippen molar-refractivity contribution in [1.29, 1.82) is 0 Å². The highest BCUT2D eigenvalue weighted by molar-refractivity contribution is 5.86. The van der Waals surface area contributed by atoms with Gasteiger partial charge < -0.3 is 10.5 Å². The largest absolute Gasteiger partial charge is 0.461 e. The second kappa shape index (κ2) is 5.88. The zero-order valence-electron chi connectivity index (χ0n) is 7.72. The van der Waals surface area contributed by atoms with E-state index in [1.54, 1.807) is 30.6 Å². The SMILES string of the molecule is NCCOC(=O)/C=C/c1ccncc1. The van der Waals surface area contributed by atoms with Gasteiger partial charge in [0.2, 0.25) is 0 Å². The number of esters is 1. The predicted octanol–water partition coefficient (Wildman–Crippen LogP) is 0.597. The van der Waals surface area contributed by atoms with E-state index in [2.05, 4.69) is 4.98 Å². The van der Waals surface area contributed by atoms with E-state index >= 15 is 0 Å². The molecule has 0 aromatic carbocycles. The van der Waals surface area contributed by atoms with Crippen LogP contribution in [0.3, 0.4) is 0 Å². The molecule has 0 radical (unpaired) electrons. The Hall–Kier alpha value is -1.68. The van der Waals surface area contributed by atoms with Crippen LogP contribution in [0.15, 0.2) is 30.6 Å². The van der Waals surface area contributed by atoms with Crippen LogP contribution in [-0.4, -0.2) is 24.1 Å². The van der Waals surface area contributed by atoms with Crippen LogP contribution in [0.5, 0.6) is 0 Å². The summed E-state index contributed by atoms with van der Waals surface area (Å²) in [7, 11) is 0. The Bertz CT molecular complexity index is 309. The third-order valence-electron chi connectivity index (χ3n) is 1.48. The van der Waals surface area contributed by atoms with Crippen molar-refractivity contribution in [1.82, 2.24) is 4.98 Å². The molecule has 1 rings (SSSR count). The zero-order valence-corrected chi connectivity index (χ0v) is 7.72. The van der Waals surface area contributed by atoms with Gasteiger partial charge in [-0.3, -0.25) is 4.98 Å². The number of nitrogens with zero attached hydrogens (tertiary/aromatic N) is 1. The standard InChI is InChI=1S/C10H12N2O2/c11-5-8-14-10(13)2-1-9-3-6-12-7-4-9/h1-4,6-7H,5,8,11H2/b2-1+. The summed E-state index contributed by atoms with van der Waals surface area (Å²) < 4.78 is 4.75. The number of carbonyl (C=O) groups is 1. The number of nitrogens with two attached hydrogens (primary N) is 1. The average molecular weight is 192 g/mol. The van der Waals surface area contributed by atoms with Gasteiger partial charge in [0.25, 0.3) is 0 Å². The van der Waals surface area contributed by atoms with E-state index in [4.69, 9.17) is 10.5 Å². The van der Waals surface area contributed by atoms with Crippen molar-refractivity contribution in [2.45, 2.75) is 0 Å². The average Bonchev–Trinajstić information content (AvgIpc) is 2.25. The van der Waals surface area contributed by atoms with Gasteiger partial charge >= 0.3 is 5.97 Å². The van der Waals surface area contributed by atoms with E-state index in [1.807, 2.05) is 0 Å². The Morgan fingerprint density at radius 1 is 1.50 bits per heavy atom. The van der Waals surface area contributed by atoms with Gasteiger partial charge in [-0.15, -0.1) is 0 Å². The van der Waals surface area contributed by atoms with Crippen LogP contribution in [0.2, 0.25) is 0 Å². The van der Waals surface area contributed by atoms with Crippen LogP contribution < -0.4 is 5.73 Å². The lowest BCUT2D eigenvalue weighted by Gasteiger charge is -1.97. The summed E-state index contributed by atoms with van der Waals surface area (Å²) in [6.45, 7) is 0.592. The number of carbonyl (C=O) groups excluding carboxylic acids is 1. The molecule has 0 fully saturated rings. The molecule has 1 heterocycles. The molecular weight excluding hydrogens is 180 g/mol. The lowest BCUT2D eigenvalue weighted by molar-refractivity contribution is -0.137. The maximum atomic E-state index is 11.0. The molecule has 0 aliphatic rings. The molecule has 0 saturated carbocycles. The number of hydrogen-bond acceptors (Lipinski definition) is 4. The molecule has 0 amide bonds. The summed E-state index contributed by atoms with van der Waals surface area (Å²) in [5.74, 6) is -0.382. The third kappa shape index (κ3) is 3.82. The van der Waals surface area contributed by atoms with Crippen molar-refractivity contribution in [2.24, 2.45) is 5.73 Å². The number of aromatic nitrogens is 1. The maximum absolute atomic E-state index is 11.0. The summed E-state index contributed by atoms with van der Waals surface area (Å²) in [6, 6.07) is 3.60. The fourth-order valence-electron chi connectivity index (χ4n) is 0.846. The minimum absolute atomic E-state index is 0.250. The first-order chi connectivity index (χ1) is 6.83. The van der Waals surface area contributed by atoms with E-state index in [0.717, 1.165) is 5.56 Å². The summed E-state index contributed by atoms with van der Waals surface area (Å²) >= 11 is 0. The van der Waals surface area contributed by atoms with E-state index < -0.39 is 0 Å². The molecular formula is C10H12N2O2. The highest BCUT2D eigenvalue weighted by Gasteiger charge is 1.94. The number of hydrogen-bond donors (Lipinski definition) is 1. The van der Waals surface area contributed by atoms with Crippen molar-refractivity contribution in [3.63, 3.8) is 0 Å². The van der Waals surface area contributed by atoms with Crippen LogP contribution >= 0.6 is 0 Å². The molecule has 4 heteroatoms. The molecule has 14 heavy (non-hydrogen) atoms. The summed E-state index contributed by atoms with van der Waals surface area (Å²) in [6.07, 6.45) is 6.35. The summed E-state index contributed by atoms with van der Waals surface area (Å²) in [5, 5.41) is 0.